The number of carbonyl (C=O) groups excluding carboxylic acids is 2. The molecule has 0 spiro atoms. The number of hydrogen-bond donors (Lipinski definition) is 2. The van der Waals surface area contributed by atoms with Crippen LogP contribution < -0.4 is 15.4 Å². The summed E-state index contributed by atoms with van der Waals surface area (Å²) in [6.07, 6.45) is 0.739. The summed E-state index contributed by atoms with van der Waals surface area (Å²) in [6, 6.07) is 11.4. The molecule has 0 aliphatic carbocycles. The van der Waals surface area contributed by atoms with Crippen molar-refractivity contribution in [2.45, 2.75) is 13.0 Å². The number of ether oxygens (including phenoxy) is 1. The fraction of sp³-hybridized carbons (Fsp3) is 0.105. The third-order valence-electron chi connectivity index (χ3n) is 3.65. The van der Waals surface area contributed by atoms with E-state index in [0.29, 0.717) is 32.2 Å². The number of hydrogen-bond acceptors (Lipinski definition) is 5. The fourth-order valence-corrected chi connectivity index (χ4v) is 3.27. The normalized spacial score (nSPS) is 11.5. The molecule has 1 atom stereocenters. The molecule has 6 nitrogen and oxygen atoms in total. The standard InChI is InChI=1S/C19H15Cl2N3O3S/c1-11(27-16-7-6-12(20)10-14(16)21)17(25)23-15-5-3-2-4-13(15)18(26)24-19-22-8-9-28-19/h2-11H,1H3,(H,23,25)(H,22,24,26). The van der Waals surface area contributed by atoms with Crippen LogP contribution in [0.15, 0.2) is 54.0 Å². The Hall–Kier alpha value is -2.61. The van der Waals surface area contributed by atoms with Crippen molar-refractivity contribution in [2.24, 2.45) is 0 Å². The first-order chi connectivity index (χ1) is 13.4. The minimum Gasteiger partial charge on any atom is -0.479 e. The molecule has 0 radical (unpaired) electrons. The molecular formula is C19H15Cl2N3O3S. The summed E-state index contributed by atoms with van der Waals surface area (Å²) in [5.41, 5.74) is 0.669. The topological polar surface area (TPSA) is 80.3 Å². The molecule has 2 aromatic carbocycles. The minimum absolute atomic E-state index is 0.301. The minimum atomic E-state index is -0.853. The van der Waals surface area contributed by atoms with Crippen LogP contribution in [-0.4, -0.2) is 22.9 Å². The van der Waals surface area contributed by atoms with Gasteiger partial charge in [-0.15, -0.1) is 11.3 Å². The highest BCUT2D eigenvalue weighted by molar-refractivity contribution is 7.13. The number of nitrogens with zero attached hydrogens (tertiary/aromatic N) is 1. The number of thiazole rings is 1. The Morgan fingerprint density at radius 3 is 2.64 bits per heavy atom. The van der Waals surface area contributed by atoms with Gasteiger partial charge in [0.25, 0.3) is 11.8 Å². The SMILES string of the molecule is CC(Oc1ccc(Cl)cc1Cl)C(=O)Nc1ccccc1C(=O)Nc1nccs1. The van der Waals surface area contributed by atoms with Gasteiger partial charge in [-0.1, -0.05) is 35.3 Å². The van der Waals surface area contributed by atoms with Crippen LogP contribution >= 0.6 is 34.5 Å². The molecule has 0 fully saturated rings. The van der Waals surface area contributed by atoms with E-state index in [1.165, 1.54) is 17.4 Å². The third kappa shape index (κ3) is 5.01. The summed E-state index contributed by atoms with van der Waals surface area (Å²) in [7, 11) is 0. The van der Waals surface area contributed by atoms with Crippen LogP contribution in [0, 0.1) is 0 Å². The van der Waals surface area contributed by atoms with Crippen LogP contribution in [0.2, 0.25) is 10.0 Å². The highest BCUT2D eigenvalue weighted by Gasteiger charge is 2.19. The Morgan fingerprint density at radius 1 is 1.14 bits per heavy atom. The fourth-order valence-electron chi connectivity index (χ4n) is 2.29. The number of carbonyl (C=O) groups is 2. The number of halogens is 2. The highest BCUT2D eigenvalue weighted by Crippen LogP contribution is 2.28. The zero-order valence-electron chi connectivity index (χ0n) is 14.6. The van der Waals surface area contributed by atoms with Crippen molar-refractivity contribution in [1.29, 1.82) is 0 Å². The molecule has 3 aromatic rings. The molecule has 3 rings (SSSR count). The lowest BCUT2D eigenvalue weighted by Gasteiger charge is -2.17. The number of nitrogens with one attached hydrogen (secondary N) is 2. The zero-order chi connectivity index (χ0) is 20.1. The Kier molecular flexibility index (Phi) is 6.51. The van der Waals surface area contributed by atoms with E-state index in [1.807, 2.05) is 0 Å². The predicted molar refractivity (Wildman–Crippen MR) is 112 cm³/mol. The van der Waals surface area contributed by atoms with Crippen LogP contribution in [0.25, 0.3) is 0 Å². The molecule has 1 heterocycles. The number of rotatable bonds is 6. The first kappa shape index (κ1) is 20.1. The molecular weight excluding hydrogens is 421 g/mol. The smallest absolute Gasteiger partial charge is 0.265 e. The van der Waals surface area contributed by atoms with E-state index in [9.17, 15) is 9.59 Å². The molecule has 0 saturated carbocycles. The largest absolute Gasteiger partial charge is 0.479 e. The maximum absolute atomic E-state index is 12.5. The van der Waals surface area contributed by atoms with Gasteiger partial charge in [0.15, 0.2) is 11.2 Å². The van der Waals surface area contributed by atoms with Gasteiger partial charge in [0.1, 0.15) is 5.75 Å². The second-order valence-corrected chi connectivity index (χ2v) is 7.40. The van der Waals surface area contributed by atoms with Gasteiger partial charge in [0, 0.05) is 16.6 Å². The molecule has 28 heavy (non-hydrogen) atoms. The maximum atomic E-state index is 12.5. The first-order valence-corrected chi connectivity index (χ1v) is 9.80. The highest BCUT2D eigenvalue weighted by atomic mass is 35.5. The summed E-state index contributed by atoms with van der Waals surface area (Å²) < 4.78 is 5.61. The van der Waals surface area contributed by atoms with Gasteiger partial charge in [-0.05, 0) is 37.3 Å². The molecule has 144 valence electrons. The van der Waals surface area contributed by atoms with Gasteiger partial charge < -0.3 is 10.1 Å². The van der Waals surface area contributed by atoms with Gasteiger partial charge in [0.2, 0.25) is 0 Å². The predicted octanol–water partition coefficient (Wildman–Crippen LogP) is 5.11. The van der Waals surface area contributed by atoms with Crippen molar-refractivity contribution in [3.05, 3.63) is 69.7 Å². The van der Waals surface area contributed by atoms with Crippen molar-refractivity contribution in [3.63, 3.8) is 0 Å². The van der Waals surface area contributed by atoms with Gasteiger partial charge >= 0.3 is 0 Å². The van der Waals surface area contributed by atoms with Crippen LogP contribution in [0.3, 0.4) is 0 Å². The number of para-hydroxylation sites is 1. The number of benzene rings is 2. The summed E-state index contributed by atoms with van der Waals surface area (Å²) in [5.74, 6) is -0.468. The van der Waals surface area contributed by atoms with E-state index in [2.05, 4.69) is 15.6 Å². The van der Waals surface area contributed by atoms with E-state index in [-0.39, 0.29) is 5.91 Å². The van der Waals surface area contributed by atoms with Crippen molar-refractivity contribution < 1.29 is 14.3 Å². The summed E-state index contributed by atoms with van der Waals surface area (Å²) in [5, 5.41) is 8.40. The second-order valence-electron chi connectivity index (χ2n) is 5.66. The van der Waals surface area contributed by atoms with Crippen molar-refractivity contribution >= 4 is 57.2 Å². The molecule has 1 aromatic heterocycles. The first-order valence-electron chi connectivity index (χ1n) is 8.16. The molecule has 2 amide bonds. The molecule has 1 unspecified atom stereocenters. The van der Waals surface area contributed by atoms with E-state index < -0.39 is 12.0 Å². The maximum Gasteiger partial charge on any atom is 0.265 e. The van der Waals surface area contributed by atoms with Gasteiger partial charge in [-0.3, -0.25) is 14.9 Å². The van der Waals surface area contributed by atoms with Crippen LogP contribution in [0.4, 0.5) is 10.8 Å². The summed E-state index contributed by atoms with van der Waals surface area (Å²) in [4.78, 5) is 29.1. The number of amides is 2. The van der Waals surface area contributed by atoms with Crippen LogP contribution in [0.1, 0.15) is 17.3 Å². The quantitative estimate of drug-likeness (QED) is 0.563. The molecule has 0 bridgehead atoms. The van der Waals surface area contributed by atoms with Gasteiger partial charge in [0.05, 0.1) is 16.3 Å². The van der Waals surface area contributed by atoms with Crippen molar-refractivity contribution in [2.75, 3.05) is 10.6 Å². The van der Waals surface area contributed by atoms with Gasteiger partial charge in [-0.25, -0.2) is 4.98 Å². The number of anilines is 2. The lowest BCUT2D eigenvalue weighted by molar-refractivity contribution is -0.122. The van der Waals surface area contributed by atoms with E-state index in [4.69, 9.17) is 27.9 Å². The van der Waals surface area contributed by atoms with Crippen LogP contribution in [0.5, 0.6) is 5.75 Å². The van der Waals surface area contributed by atoms with Crippen LogP contribution in [-0.2, 0) is 4.79 Å². The molecule has 0 aliphatic rings. The Bertz CT molecular complexity index is 996. The third-order valence-corrected chi connectivity index (χ3v) is 4.87. The number of aromatic nitrogens is 1. The Morgan fingerprint density at radius 2 is 1.93 bits per heavy atom. The Balaban J connectivity index is 1.70. The van der Waals surface area contributed by atoms with E-state index in [0.717, 1.165) is 0 Å². The van der Waals surface area contributed by atoms with E-state index >= 15 is 0 Å². The second kappa shape index (κ2) is 9.05. The molecule has 9 heteroatoms. The monoisotopic (exact) mass is 435 g/mol. The average molecular weight is 436 g/mol. The Labute approximate surface area is 175 Å². The van der Waals surface area contributed by atoms with Gasteiger partial charge in [-0.2, -0.15) is 0 Å². The van der Waals surface area contributed by atoms with Crippen molar-refractivity contribution in [1.82, 2.24) is 4.98 Å². The molecule has 0 aliphatic heterocycles. The summed E-state index contributed by atoms with van der Waals surface area (Å²) >= 11 is 13.2. The zero-order valence-corrected chi connectivity index (χ0v) is 16.9. The summed E-state index contributed by atoms with van der Waals surface area (Å²) in [6.45, 7) is 1.58. The average Bonchev–Trinajstić information content (AvgIpc) is 3.17. The lowest BCUT2D eigenvalue weighted by atomic mass is 10.1. The molecule has 0 saturated heterocycles. The van der Waals surface area contributed by atoms with Crippen molar-refractivity contribution in [3.8, 4) is 5.75 Å². The lowest BCUT2D eigenvalue weighted by Crippen LogP contribution is -2.31. The molecule has 2 N–H and O–H groups in total. The van der Waals surface area contributed by atoms with E-state index in [1.54, 1.807) is 54.9 Å².